The van der Waals surface area contributed by atoms with Crippen LogP contribution >= 0.6 is 0 Å². The number of phenolic OH excluding ortho intramolecular Hbond substituents is 1. The van der Waals surface area contributed by atoms with E-state index in [9.17, 15) is 9.90 Å². The monoisotopic (exact) mass is 262 g/mol. The number of carbonyl (C=O) groups is 1. The molecule has 2 unspecified atom stereocenters. The maximum Gasteiger partial charge on any atom is 0.224 e. The maximum atomic E-state index is 11.8. The highest BCUT2D eigenvalue weighted by molar-refractivity contribution is 5.79. The predicted octanol–water partition coefficient (Wildman–Crippen LogP) is 1.57. The van der Waals surface area contributed by atoms with Gasteiger partial charge in [0.25, 0.3) is 0 Å². The van der Waals surface area contributed by atoms with Gasteiger partial charge in [-0.1, -0.05) is 24.6 Å². The summed E-state index contributed by atoms with van der Waals surface area (Å²) < 4.78 is 0. The molecule has 0 heterocycles. The van der Waals surface area contributed by atoms with Gasteiger partial charge in [-0.2, -0.15) is 0 Å². The van der Waals surface area contributed by atoms with Crippen molar-refractivity contribution in [2.45, 2.75) is 38.1 Å². The van der Waals surface area contributed by atoms with Crippen molar-refractivity contribution in [1.29, 1.82) is 0 Å². The topological polar surface area (TPSA) is 75.3 Å². The summed E-state index contributed by atoms with van der Waals surface area (Å²) in [5.41, 5.74) is 6.60. The second kappa shape index (κ2) is 6.57. The molecule has 2 rings (SSSR count). The first-order valence-corrected chi connectivity index (χ1v) is 6.94. The average molecular weight is 262 g/mol. The van der Waals surface area contributed by atoms with Gasteiger partial charge in [0.05, 0.1) is 6.42 Å². The van der Waals surface area contributed by atoms with Crippen molar-refractivity contribution < 1.29 is 9.90 Å². The number of nitrogens with two attached hydrogens (primary N) is 1. The number of benzene rings is 1. The van der Waals surface area contributed by atoms with Gasteiger partial charge in [0.2, 0.25) is 5.91 Å². The van der Waals surface area contributed by atoms with Crippen molar-refractivity contribution in [1.82, 2.24) is 5.32 Å². The molecule has 19 heavy (non-hydrogen) atoms. The molecule has 104 valence electrons. The van der Waals surface area contributed by atoms with Crippen LogP contribution in [0.15, 0.2) is 24.3 Å². The molecule has 1 aromatic rings. The lowest BCUT2D eigenvalue weighted by Crippen LogP contribution is -2.36. The van der Waals surface area contributed by atoms with E-state index >= 15 is 0 Å². The van der Waals surface area contributed by atoms with Crippen LogP contribution in [-0.2, 0) is 11.2 Å². The molecule has 0 spiro atoms. The minimum atomic E-state index is -0.0411. The van der Waals surface area contributed by atoms with Crippen LogP contribution in [0.4, 0.5) is 0 Å². The largest absolute Gasteiger partial charge is 0.508 e. The van der Waals surface area contributed by atoms with E-state index < -0.39 is 0 Å². The van der Waals surface area contributed by atoms with Crippen LogP contribution < -0.4 is 11.1 Å². The summed E-state index contributed by atoms with van der Waals surface area (Å²) in [5, 5.41) is 12.6. The molecule has 4 nitrogen and oxygen atoms in total. The number of carbonyl (C=O) groups excluding carboxylic acids is 1. The Morgan fingerprint density at radius 2 is 2.16 bits per heavy atom. The number of rotatable bonds is 4. The fourth-order valence-electron chi connectivity index (χ4n) is 2.67. The molecule has 4 heteroatoms. The Balaban J connectivity index is 1.77. The van der Waals surface area contributed by atoms with E-state index in [-0.39, 0.29) is 24.1 Å². The Hall–Kier alpha value is -1.55. The molecule has 0 aromatic heterocycles. The molecule has 0 saturated heterocycles. The van der Waals surface area contributed by atoms with Gasteiger partial charge in [-0.15, -0.1) is 0 Å². The summed E-state index contributed by atoms with van der Waals surface area (Å²) in [6.07, 6.45) is 4.62. The summed E-state index contributed by atoms with van der Waals surface area (Å²) in [6.45, 7) is 0.695. The second-order valence-electron chi connectivity index (χ2n) is 5.40. The zero-order valence-electron chi connectivity index (χ0n) is 11.1. The van der Waals surface area contributed by atoms with Crippen LogP contribution in [0.3, 0.4) is 0 Å². The number of hydrogen-bond acceptors (Lipinski definition) is 3. The van der Waals surface area contributed by atoms with Crippen LogP contribution in [0.2, 0.25) is 0 Å². The molecule has 1 aliphatic carbocycles. The minimum absolute atomic E-state index is 0.0411. The Kier molecular flexibility index (Phi) is 4.80. The van der Waals surface area contributed by atoms with Crippen molar-refractivity contribution in [3.63, 3.8) is 0 Å². The number of aromatic hydroxyl groups is 1. The number of amides is 1. The van der Waals surface area contributed by atoms with Gasteiger partial charge in [0, 0.05) is 18.2 Å². The maximum absolute atomic E-state index is 11.8. The van der Waals surface area contributed by atoms with Gasteiger partial charge in [0.1, 0.15) is 5.75 Å². The van der Waals surface area contributed by atoms with Crippen LogP contribution in [0.25, 0.3) is 0 Å². The Labute approximate surface area is 114 Å². The van der Waals surface area contributed by atoms with Gasteiger partial charge < -0.3 is 16.2 Å². The molecule has 0 aliphatic heterocycles. The third-order valence-corrected chi connectivity index (χ3v) is 3.75. The molecule has 2 atom stereocenters. The number of nitrogens with one attached hydrogen (secondary N) is 1. The molecule has 0 radical (unpaired) electrons. The Morgan fingerprint density at radius 1 is 1.37 bits per heavy atom. The van der Waals surface area contributed by atoms with Crippen molar-refractivity contribution in [2.75, 3.05) is 6.54 Å². The van der Waals surface area contributed by atoms with Crippen molar-refractivity contribution in [2.24, 2.45) is 11.7 Å². The zero-order chi connectivity index (χ0) is 13.7. The van der Waals surface area contributed by atoms with Crippen molar-refractivity contribution >= 4 is 5.91 Å². The van der Waals surface area contributed by atoms with E-state index in [4.69, 9.17) is 5.73 Å². The summed E-state index contributed by atoms with van der Waals surface area (Å²) in [7, 11) is 0. The fraction of sp³-hybridized carbons (Fsp3) is 0.533. The smallest absolute Gasteiger partial charge is 0.224 e. The lowest BCUT2D eigenvalue weighted by Gasteiger charge is -2.26. The molecule has 4 N–H and O–H groups in total. The van der Waals surface area contributed by atoms with E-state index in [1.165, 1.54) is 0 Å². The lowest BCUT2D eigenvalue weighted by atomic mass is 9.86. The van der Waals surface area contributed by atoms with E-state index in [0.29, 0.717) is 18.0 Å². The molecule has 1 aromatic carbocycles. The number of hydrogen-bond donors (Lipinski definition) is 3. The van der Waals surface area contributed by atoms with Crippen LogP contribution in [0, 0.1) is 5.92 Å². The second-order valence-corrected chi connectivity index (χ2v) is 5.40. The molecule has 1 amide bonds. The SMILES string of the molecule is NC1CCCC(CNC(=O)Cc2ccccc2O)C1. The van der Waals surface area contributed by atoms with E-state index in [0.717, 1.165) is 25.7 Å². The quantitative estimate of drug-likeness (QED) is 0.771. The van der Waals surface area contributed by atoms with Gasteiger partial charge in [-0.3, -0.25) is 4.79 Å². The van der Waals surface area contributed by atoms with Gasteiger partial charge in [-0.05, 0) is 31.2 Å². The van der Waals surface area contributed by atoms with Crippen molar-refractivity contribution in [3.05, 3.63) is 29.8 Å². The Morgan fingerprint density at radius 3 is 2.89 bits per heavy atom. The normalized spacial score (nSPS) is 23.0. The molecule has 0 bridgehead atoms. The van der Waals surface area contributed by atoms with Crippen LogP contribution in [0.5, 0.6) is 5.75 Å². The summed E-state index contributed by atoms with van der Waals surface area (Å²) in [5.74, 6) is 0.634. The molecular weight excluding hydrogens is 240 g/mol. The fourth-order valence-corrected chi connectivity index (χ4v) is 2.67. The predicted molar refractivity (Wildman–Crippen MR) is 74.8 cm³/mol. The number of phenols is 1. The lowest BCUT2D eigenvalue weighted by molar-refractivity contribution is -0.120. The summed E-state index contributed by atoms with van der Waals surface area (Å²) in [4.78, 5) is 11.8. The molecular formula is C15H22N2O2. The average Bonchev–Trinajstić information content (AvgIpc) is 2.39. The third-order valence-electron chi connectivity index (χ3n) is 3.75. The van der Waals surface area contributed by atoms with E-state index in [1.807, 2.05) is 6.07 Å². The van der Waals surface area contributed by atoms with E-state index in [1.54, 1.807) is 18.2 Å². The molecule has 1 fully saturated rings. The van der Waals surface area contributed by atoms with Gasteiger partial charge in [0.15, 0.2) is 0 Å². The van der Waals surface area contributed by atoms with E-state index in [2.05, 4.69) is 5.32 Å². The molecule has 1 aliphatic rings. The number of para-hydroxylation sites is 1. The van der Waals surface area contributed by atoms with Crippen molar-refractivity contribution in [3.8, 4) is 5.75 Å². The highest BCUT2D eigenvalue weighted by Crippen LogP contribution is 2.22. The molecule has 1 saturated carbocycles. The Bertz CT molecular complexity index is 434. The van der Waals surface area contributed by atoms with Gasteiger partial charge >= 0.3 is 0 Å². The first kappa shape index (κ1) is 13.9. The standard InChI is InChI=1S/C15H22N2O2/c16-13-6-3-4-11(8-13)10-17-15(19)9-12-5-1-2-7-14(12)18/h1-2,5,7,11,13,18H,3-4,6,8-10,16H2,(H,17,19). The highest BCUT2D eigenvalue weighted by atomic mass is 16.3. The van der Waals surface area contributed by atoms with Crippen LogP contribution in [-0.4, -0.2) is 23.6 Å². The van der Waals surface area contributed by atoms with Gasteiger partial charge in [-0.25, -0.2) is 0 Å². The van der Waals surface area contributed by atoms with Crippen LogP contribution in [0.1, 0.15) is 31.2 Å². The zero-order valence-corrected chi connectivity index (χ0v) is 11.1. The third kappa shape index (κ3) is 4.24. The summed E-state index contributed by atoms with van der Waals surface area (Å²) in [6, 6.07) is 7.23. The summed E-state index contributed by atoms with van der Waals surface area (Å²) >= 11 is 0. The minimum Gasteiger partial charge on any atom is -0.508 e. The first-order valence-electron chi connectivity index (χ1n) is 6.94. The highest BCUT2D eigenvalue weighted by Gasteiger charge is 2.19. The first-order chi connectivity index (χ1) is 9.15.